The summed E-state index contributed by atoms with van der Waals surface area (Å²) in [7, 11) is 4.03. The largest absolute Gasteiger partial charge is 0.462 e. The van der Waals surface area contributed by atoms with Gasteiger partial charge in [-0.3, -0.25) is 9.59 Å². The minimum absolute atomic E-state index is 0.100. The van der Waals surface area contributed by atoms with Gasteiger partial charge in [-0.2, -0.15) is 0 Å². The first-order valence-electron chi connectivity index (χ1n) is 17.8. The lowest BCUT2D eigenvalue weighted by molar-refractivity contribution is -0.164. The molecule has 244 valence electrons. The molecule has 5 nitrogen and oxygen atoms in total. The van der Waals surface area contributed by atoms with Crippen LogP contribution in [0.2, 0.25) is 0 Å². The van der Waals surface area contributed by atoms with Crippen LogP contribution in [0.3, 0.4) is 0 Å². The SMILES string of the molecule is CCCCCCCCCCCCCCC(C)C(=O)OCC(CCCCCCCCCC)OC(=O)C(C)CCN(C)C. The van der Waals surface area contributed by atoms with Crippen molar-refractivity contribution in [1.82, 2.24) is 4.90 Å². The monoisotopic (exact) mass is 582 g/mol. The predicted octanol–water partition coefficient (Wildman–Crippen LogP) is 10.3. The molecular formula is C36H71NO4. The second-order valence-corrected chi connectivity index (χ2v) is 13.0. The summed E-state index contributed by atoms with van der Waals surface area (Å²) in [6.45, 7) is 9.46. The van der Waals surface area contributed by atoms with Crippen molar-refractivity contribution in [3.63, 3.8) is 0 Å². The number of carbonyl (C=O) groups is 2. The molecule has 0 aliphatic carbocycles. The Morgan fingerprint density at radius 1 is 0.537 bits per heavy atom. The molecule has 0 fully saturated rings. The summed E-state index contributed by atoms with van der Waals surface area (Å²) in [5, 5.41) is 0. The average molecular weight is 582 g/mol. The van der Waals surface area contributed by atoms with Crippen LogP contribution >= 0.6 is 0 Å². The van der Waals surface area contributed by atoms with Gasteiger partial charge in [0.1, 0.15) is 12.7 Å². The van der Waals surface area contributed by atoms with Crippen LogP contribution in [0.5, 0.6) is 0 Å². The van der Waals surface area contributed by atoms with Crippen molar-refractivity contribution in [2.24, 2.45) is 11.8 Å². The Morgan fingerprint density at radius 3 is 1.37 bits per heavy atom. The van der Waals surface area contributed by atoms with E-state index >= 15 is 0 Å². The molecule has 0 aliphatic rings. The number of hydrogen-bond acceptors (Lipinski definition) is 5. The molecule has 5 heteroatoms. The van der Waals surface area contributed by atoms with Crippen molar-refractivity contribution in [3.05, 3.63) is 0 Å². The number of hydrogen-bond donors (Lipinski definition) is 0. The van der Waals surface area contributed by atoms with Crippen LogP contribution in [0, 0.1) is 11.8 Å². The van der Waals surface area contributed by atoms with Gasteiger partial charge >= 0.3 is 11.9 Å². The van der Waals surface area contributed by atoms with E-state index in [1.54, 1.807) is 0 Å². The fourth-order valence-corrected chi connectivity index (χ4v) is 5.26. The van der Waals surface area contributed by atoms with Crippen LogP contribution in [0.4, 0.5) is 0 Å². The molecule has 3 atom stereocenters. The molecular weight excluding hydrogens is 510 g/mol. The lowest BCUT2D eigenvalue weighted by atomic mass is 10.0. The molecule has 3 unspecified atom stereocenters. The van der Waals surface area contributed by atoms with Crippen molar-refractivity contribution in [3.8, 4) is 0 Å². The van der Waals surface area contributed by atoms with Gasteiger partial charge < -0.3 is 14.4 Å². The van der Waals surface area contributed by atoms with Gasteiger partial charge in [0, 0.05) is 0 Å². The molecule has 0 bridgehead atoms. The van der Waals surface area contributed by atoms with E-state index < -0.39 is 0 Å². The van der Waals surface area contributed by atoms with Crippen LogP contribution in [-0.2, 0) is 19.1 Å². The molecule has 0 spiro atoms. The van der Waals surface area contributed by atoms with E-state index in [0.29, 0.717) is 0 Å². The Kier molecular flexibility index (Phi) is 28.2. The van der Waals surface area contributed by atoms with Gasteiger partial charge in [-0.1, -0.05) is 150 Å². The smallest absolute Gasteiger partial charge is 0.309 e. The molecule has 0 saturated heterocycles. The van der Waals surface area contributed by atoms with Crippen LogP contribution < -0.4 is 0 Å². The Morgan fingerprint density at radius 2 is 0.927 bits per heavy atom. The Bertz CT molecular complexity index is 594. The molecule has 0 aromatic carbocycles. The number of rotatable bonds is 30. The lowest BCUT2D eigenvalue weighted by Gasteiger charge is -2.22. The van der Waals surface area contributed by atoms with E-state index in [2.05, 4.69) is 18.7 Å². The van der Waals surface area contributed by atoms with Crippen LogP contribution in [0.15, 0.2) is 0 Å². The van der Waals surface area contributed by atoms with Crippen molar-refractivity contribution in [2.75, 3.05) is 27.2 Å². The van der Waals surface area contributed by atoms with E-state index in [9.17, 15) is 9.59 Å². The van der Waals surface area contributed by atoms with Gasteiger partial charge in [0.2, 0.25) is 0 Å². The zero-order chi connectivity index (χ0) is 30.6. The zero-order valence-electron chi connectivity index (χ0n) is 28.5. The van der Waals surface area contributed by atoms with Gasteiger partial charge in [0.15, 0.2) is 0 Å². The first-order valence-corrected chi connectivity index (χ1v) is 17.8. The van der Waals surface area contributed by atoms with E-state index in [1.807, 2.05) is 27.9 Å². The molecule has 0 N–H and O–H groups in total. The molecule has 0 saturated carbocycles. The maximum Gasteiger partial charge on any atom is 0.309 e. The normalized spacial score (nSPS) is 13.7. The topological polar surface area (TPSA) is 55.8 Å². The number of nitrogens with zero attached hydrogens (tertiary/aromatic N) is 1. The number of ether oxygens (including phenoxy) is 2. The second kappa shape index (κ2) is 29.0. The van der Waals surface area contributed by atoms with Crippen molar-refractivity contribution < 1.29 is 19.1 Å². The maximum absolute atomic E-state index is 12.7. The van der Waals surface area contributed by atoms with Gasteiger partial charge in [-0.25, -0.2) is 0 Å². The van der Waals surface area contributed by atoms with Crippen LogP contribution in [0.25, 0.3) is 0 Å². The van der Waals surface area contributed by atoms with Gasteiger partial charge in [0.05, 0.1) is 11.8 Å². The molecule has 0 rings (SSSR count). The predicted molar refractivity (Wildman–Crippen MR) is 175 cm³/mol. The van der Waals surface area contributed by atoms with Crippen LogP contribution in [0.1, 0.15) is 175 Å². The Balaban J connectivity index is 4.29. The Hall–Kier alpha value is -1.10. The number of unbranched alkanes of at least 4 members (excludes halogenated alkanes) is 18. The summed E-state index contributed by atoms with van der Waals surface area (Å²) < 4.78 is 11.6. The third-order valence-corrected chi connectivity index (χ3v) is 8.38. The van der Waals surface area contributed by atoms with Gasteiger partial charge in [0.25, 0.3) is 0 Å². The minimum atomic E-state index is -0.341. The van der Waals surface area contributed by atoms with Gasteiger partial charge in [-0.15, -0.1) is 0 Å². The highest BCUT2D eigenvalue weighted by atomic mass is 16.6. The average Bonchev–Trinajstić information content (AvgIpc) is 2.95. The van der Waals surface area contributed by atoms with Crippen molar-refractivity contribution >= 4 is 11.9 Å². The van der Waals surface area contributed by atoms with Crippen LogP contribution in [-0.4, -0.2) is 50.2 Å². The minimum Gasteiger partial charge on any atom is -0.462 e. The number of carbonyl (C=O) groups excluding carboxylic acids is 2. The summed E-state index contributed by atoms with van der Waals surface area (Å²) in [4.78, 5) is 27.5. The van der Waals surface area contributed by atoms with E-state index in [1.165, 1.54) is 109 Å². The first-order chi connectivity index (χ1) is 19.8. The molecule has 41 heavy (non-hydrogen) atoms. The number of esters is 2. The third-order valence-electron chi connectivity index (χ3n) is 8.38. The summed E-state index contributed by atoms with van der Waals surface area (Å²) >= 11 is 0. The fourth-order valence-electron chi connectivity index (χ4n) is 5.26. The second-order valence-electron chi connectivity index (χ2n) is 13.0. The van der Waals surface area contributed by atoms with E-state index in [4.69, 9.17) is 9.47 Å². The molecule has 0 aliphatic heterocycles. The molecule has 0 radical (unpaired) electrons. The summed E-state index contributed by atoms with van der Waals surface area (Å²) in [5.41, 5.74) is 0. The molecule has 0 aromatic rings. The Labute approximate surface area is 256 Å². The van der Waals surface area contributed by atoms with Gasteiger partial charge in [-0.05, 0) is 46.3 Å². The highest BCUT2D eigenvalue weighted by Crippen LogP contribution is 2.18. The standard InChI is InChI=1S/C36H71NO4/c1-7-9-11-13-15-17-18-19-20-21-23-25-27-32(3)35(38)40-31-34(28-26-24-22-16-14-12-10-8-2)41-36(39)33(4)29-30-37(5)6/h32-34H,7-31H2,1-6H3. The highest BCUT2D eigenvalue weighted by Gasteiger charge is 2.22. The highest BCUT2D eigenvalue weighted by molar-refractivity contribution is 5.73. The lowest BCUT2D eigenvalue weighted by Crippen LogP contribution is -2.30. The zero-order valence-corrected chi connectivity index (χ0v) is 28.5. The van der Waals surface area contributed by atoms with E-state index in [-0.39, 0.29) is 36.5 Å². The quantitative estimate of drug-likeness (QED) is 0.0624. The van der Waals surface area contributed by atoms with Crippen molar-refractivity contribution in [1.29, 1.82) is 0 Å². The first kappa shape index (κ1) is 39.9. The summed E-state index contributed by atoms with van der Waals surface area (Å²) in [6.07, 6.45) is 27.8. The third kappa shape index (κ3) is 26.3. The fraction of sp³-hybridized carbons (Fsp3) is 0.944. The van der Waals surface area contributed by atoms with Crippen molar-refractivity contribution in [2.45, 2.75) is 181 Å². The maximum atomic E-state index is 12.7. The molecule has 0 heterocycles. The summed E-state index contributed by atoms with van der Waals surface area (Å²) in [6, 6.07) is 0. The molecule has 0 aromatic heterocycles. The van der Waals surface area contributed by atoms with E-state index in [0.717, 1.165) is 45.1 Å². The summed E-state index contributed by atoms with van der Waals surface area (Å²) in [5.74, 6) is -0.571. The molecule has 0 amide bonds.